The molecule has 1 saturated heterocycles. The maximum absolute atomic E-state index is 12.7. The van der Waals surface area contributed by atoms with Crippen LogP contribution < -0.4 is 10.6 Å². The highest BCUT2D eigenvalue weighted by atomic mass is 35.5. The first kappa shape index (κ1) is 19.9. The molecule has 1 amide bonds. The van der Waals surface area contributed by atoms with E-state index in [1.54, 1.807) is 29.1 Å². The summed E-state index contributed by atoms with van der Waals surface area (Å²) in [6, 6.07) is 5.25. The summed E-state index contributed by atoms with van der Waals surface area (Å²) in [5, 5.41) is 10.4. The minimum atomic E-state index is -0.413. The van der Waals surface area contributed by atoms with Gasteiger partial charge in [0.1, 0.15) is 0 Å². The molecule has 1 fully saturated rings. The predicted molar refractivity (Wildman–Crippen MR) is 101 cm³/mol. The second-order valence-corrected chi connectivity index (χ2v) is 6.33. The number of carbonyl (C=O) groups is 2. The third kappa shape index (κ3) is 4.05. The number of benzene rings is 1. The van der Waals surface area contributed by atoms with E-state index in [1.165, 1.54) is 7.11 Å². The van der Waals surface area contributed by atoms with Crippen LogP contribution in [0.15, 0.2) is 30.6 Å². The molecule has 1 aliphatic heterocycles. The summed E-state index contributed by atoms with van der Waals surface area (Å²) in [6.45, 7) is 3.18. The summed E-state index contributed by atoms with van der Waals surface area (Å²) in [6.07, 6.45) is 3.75. The van der Waals surface area contributed by atoms with Crippen molar-refractivity contribution in [2.45, 2.75) is 12.8 Å². The SMILES string of the molecule is COC(=O)c1cc(NC(=O)[C@H]2CNC[C@@H]2c2cnn(C)c2)ccc1C.Cl. The molecule has 3 rings (SSSR count). The van der Waals surface area contributed by atoms with Crippen molar-refractivity contribution in [3.8, 4) is 0 Å². The average Bonchev–Trinajstić information content (AvgIpc) is 3.24. The number of aryl methyl sites for hydroxylation is 2. The van der Waals surface area contributed by atoms with Crippen LogP contribution in [0.3, 0.4) is 0 Å². The Labute approximate surface area is 158 Å². The van der Waals surface area contributed by atoms with Crippen molar-refractivity contribution in [1.82, 2.24) is 15.1 Å². The maximum atomic E-state index is 12.7. The molecular weight excluding hydrogens is 356 g/mol. The number of hydrogen-bond donors (Lipinski definition) is 2. The fraction of sp³-hybridized carbons (Fsp3) is 0.389. The summed E-state index contributed by atoms with van der Waals surface area (Å²) >= 11 is 0. The van der Waals surface area contributed by atoms with E-state index in [9.17, 15) is 9.59 Å². The van der Waals surface area contributed by atoms with Crippen LogP contribution in [-0.2, 0) is 16.6 Å². The van der Waals surface area contributed by atoms with Gasteiger partial charge < -0.3 is 15.4 Å². The van der Waals surface area contributed by atoms with Gasteiger partial charge >= 0.3 is 5.97 Å². The Morgan fingerprint density at radius 3 is 2.77 bits per heavy atom. The maximum Gasteiger partial charge on any atom is 0.338 e. The first-order chi connectivity index (χ1) is 12.0. The first-order valence-corrected chi connectivity index (χ1v) is 8.18. The van der Waals surface area contributed by atoms with Gasteiger partial charge in [-0.05, 0) is 30.2 Å². The molecule has 0 radical (unpaired) electrons. The number of ether oxygens (including phenoxy) is 1. The van der Waals surface area contributed by atoms with Gasteiger partial charge in [0, 0.05) is 37.9 Å². The van der Waals surface area contributed by atoms with Gasteiger partial charge in [0.05, 0.1) is 24.8 Å². The molecule has 1 aliphatic rings. The number of nitrogens with one attached hydrogen (secondary N) is 2. The van der Waals surface area contributed by atoms with Crippen molar-refractivity contribution in [2.24, 2.45) is 13.0 Å². The topological polar surface area (TPSA) is 85.2 Å². The molecular formula is C18H23ClN4O3. The number of carbonyl (C=O) groups excluding carboxylic acids is 2. The van der Waals surface area contributed by atoms with Crippen LogP contribution in [0.1, 0.15) is 27.4 Å². The lowest BCUT2D eigenvalue weighted by Gasteiger charge is -2.17. The van der Waals surface area contributed by atoms with E-state index < -0.39 is 5.97 Å². The molecule has 2 aromatic rings. The Morgan fingerprint density at radius 2 is 2.12 bits per heavy atom. The zero-order valence-electron chi connectivity index (χ0n) is 15.0. The number of nitrogens with zero attached hydrogens (tertiary/aromatic N) is 2. The molecule has 0 aliphatic carbocycles. The van der Waals surface area contributed by atoms with Gasteiger partial charge in [-0.25, -0.2) is 4.79 Å². The van der Waals surface area contributed by atoms with Crippen molar-refractivity contribution >= 4 is 30.0 Å². The normalized spacial score (nSPS) is 18.9. The Bertz CT molecular complexity index is 805. The van der Waals surface area contributed by atoms with Crippen LogP contribution in [0.4, 0.5) is 5.69 Å². The molecule has 8 heteroatoms. The van der Waals surface area contributed by atoms with E-state index in [0.717, 1.165) is 17.7 Å². The Hall–Kier alpha value is -2.38. The number of hydrogen-bond acceptors (Lipinski definition) is 5. The van der Waals surface area contributed by atoms with E-state index in [4.69, 9.17) is 4.74 Å². The summed E-state index contributed by atoms with van der Waals surface area (Å²) in [5.41, 5.74) is 2.90. The summed E-state index contributed by atoms with van der Waals surface area (Å²) < 4.78 is 6.52. The molecule has 26 heavy (non-hydrogen) atoms. The largest absolute Gasteiger partial charge is 0.465 e. The third-order valence-corrected chi connectivity index (χ3v) is 4.61. The van der Waals surface area contributed by atoms with Crippen LogP contribution in [-0.4, -0.2) is 41.9 Å². The van der Waals surface area contributed by atoms with Crippen LogP contribution in [0.5, 0.6) is 0 Å². The molecule has 0 spiro atoms. The smallest absolute Gasteiger partial charge is 0.338 e. The van der Waals surface area contributed by atoms with Gasteiger partial charge in [-0.1, -0.05) is 6.07 Å². The number of esters is 1. The Kier molecular flexibility index (Phi) is 6.39. The second kappa shape index (κ2) is 8.33. The first-order valence-electron chi connectivity index (χ1n) is 8.18. The number of halogens is 1. The average molecular weight is 379 g/mol. The zero-order chi connectivity index (χ0) is 18.0. The standard InChI is InChI=1S/C18H22N4O3.ClH/c1-11-4-5-13(6-14(11)18(24)25-3)21-17(23)16-9-19-8-15(16)12-7-20-22(2)10-12;/h4-7,10,15-16,19H,8-9H2,1-3H3,(H,21,23);1H/t15-,16+;/m1./s1. The summed E-state index contributed by atoms with van der Waals surface area (Å²) in [7, 11) is 3.21. The van der Waals surface area contributed by atoms with Gasteiger partial charge in [-0.2, -0.15) is 5.10 Å². The van der Waals surface area contributed by atoms with Gasteiger partial charge in [0.15, 0.2) is 0 Å². The molecule has 140 valence electrons. The highest BCUT2D eigenvalue weighted by molar-refractivity contribution is 5.96. The van der Waals surface area contributed by atoms with Crippen molar-refractivity contribution in [2.75, 3.05) is 25.5 Å². The number of anilines is 1. The van der Waals surface area contributed by atoms with Crippen LogP contribution in [0, 0.1) is 12.8 Å². The summed E-state index contributed by atoms with van der Waals surface area (Å²) in [4.78, 5) is 24.6. The van der Waals surface area contributed by atoms with Gasteiger partial charge in [-0.3, -0.25) is 9.48 Å². The van der Waals surface area contributed by atoms with Gasteiger partial charge in [0.25, 0.3) is 0 Å². The number of aromatic nitrogens is 2. The minimum Gasteiger partial charge on any atom is -0.465 e. The zero-order valence-corrected chi connectivity index (χ0v) is 15.8. The number of rotatable bonds is 4. The molecule has 0 bridgehead atoms. The lowest BCUT2D eigenvalue weighted by molar-refractivity contribution is -0.119. The predicted octanol–water partition coefficient (Wildman–Crippen LogP) is 1.88. The van der Waals surface area contributed by atoms with Crippen molar-refractivity contribution in [3.63, 3.8) is 0 Å². The van der Waals surface area contributed by atoms with E-state index in [0.29, 0.717) is 17.8 Å². The number of methoxy groups -OCH3 is 1. The lowest BCUT2D eigenvalue weighted by Crippen LogP contribution is -2.28. The highest BCUT2D eigenvalue weighted by Gasteiger charge is 2.34. The third-order valence-electron chi connectivity index (χ3n) is 4.61. The van der Waals surface area contributed by atoms with Crippen LogP contribution in [0.25, 0.3) is 0 Å². The Morgan fingerprint density at radius 1 is 1.35 bits per heavy atom. The van der Waals surface area contributed by atoms with Crippen molar-refractivity contribution in [1.29, 1.82) is 0 Å². The molecule has 0 saturated carbocycles. The van der Waals surface area contributed by atoms with E-state index in [2.05, 4.69) is 15.7 Å². The molecule has 1 aromatic heterocycles. The highest BCUT2D eigenvalue weighted by Crippen LogP contribution is 2.29. The molecule has 2 N–H and O–H groups in total. The molecule has 2 atom stereocenters. The molecule has 1 aromatic carbocycles. The second-order valence-electron chi connectivity index (χ2n) is 6.33. The van der Waals surface area contributed by atoms with Gasteiger partial charge in [-0.15, -0.1) is 12.4 Å². The van der Waals surface area contributed by atoms with Crippen molar-refractivity contribution in [3.05, 3.63) is 47.3 Å². The van der Waals surface area contributed by atoms with Crippen molar-refractivity contribution < 1.29 is 14.3 Å². The molecule has 2 heterocycles. The van der Waals surface area contributed by atoms with E-state index >= 15 is 0 Å². The van der Waals surface area contributed by atoms with Gasteiger partial charge in [0.2, 0.25) is 5.91 Å². The fourth-order valence-electron chi connectivity index (χ4n) is 3.20. The summed E-state index contributed by atoms with van der Waals surface area (Å²) in [5.74, 6) is -0.589. The monoisotopic (exact) mass is 378 g/mol. The molecule has 0 unspecified atom stereocenters. The van der Waals surface area contributed by atoms with E-state index in [1.807, 2.05) is 20.2 Å². The van der Waals surface area contributed by atoms with Crippen LogP contribution in [0.2, 0.25) is 0 Å². The fourth-order valence-corrected chi connectivity index (χ4v) is 3.20. The van der Waals surface area contributed by atoms with Crippen LogP contribution >= 0.6 is 12.4 Å². The quantitative estimate of drug-likeness (QED) is 0.793. The lowest BCUT2D eigenvalue weighted by atomic mass is 9.90. The Balaban J connectivity index is 0.00000243. The molecule has 7 nitrogen and oxygen atoms in total. The number of amides is 1. The van der Waals surface area contributed by atoms with E-state index in [-0.39, 0.29) is 30.2 Å². The minimum absolute atomic E-state index is 0.